The van der Waals surface area contributed by atoms with E-state index in [1.54, 1.807) is 12.3 Å². The topological polar surface area (TPSA) is 64.7 Å². The molecule has 0 aliphatic rings. The van der Waals surface area contributed by atoms with Crippen LogP contribution in [0.4, 0.5) is 5.82 Å². The molecule has 2 N–H and O–H groups in total. The number of fused-ring (bicyclic) bond motifs is 1. The van der Waals surface area contributed by atoms with Crippen LogP contribution in [0.2, 0.25) is 0 Å². The van der Waals surface area contributed by atoms with E-state index in [1.165, 1.54) is 0 Å². The first kappa shape index (κ1) is 10.7. The highest BCUT2D eigenvalue weighted by Crippen LogP contribution is 2.18. The number of hydrogen-bond donors (Lipinski definition) is 1. The molecule has 4 nitrogen and oxygen atoms in total. The maximum absolute atomic E-state index is 5.66. The Morgan fingerprint density at radius 2 is 1.78 bits per heavy atom. The maximum atomic E-state index is 5.66. The lowest BCUT2D eigenvalue weighted by Crippen LogP contribution is -2.00. The Morgan fingerprint density at radius 1 is 0.944 bits per heavy atom. The highest BCUT2D eigenvalue weighted by Gasteiger charge is 2.04. The largest absolute Gasteiger partial charge is 0.384 e. The number of nitrogen functional groups attached to an aromatic ring is 1. The lowest BCUT2D eigenvalue weighted by atomic mass is 10.1. The first-order chi connectivity index (χ1) is 8.83. The van der Waals surface area contributed by atoms with Crippen LogP contribution >= 0.6 is 0 Å². The molecule has 1 aromatic carbocycles. The zero-order valence-electron chi connectivity index (χ0n) is 9.74. The second-order valence-electron chi connectivity index (χ2n) is 4.06. The van der Waals surface area contributed by atoms with Crippen molar-refractivity contribution in [2.75, 3.05) is 5.73 Å². The molecule has 0 atom stereocenters. The molecule has 0 unspecified atom stereocenters. The number of para-hydroxylation sites is 1. The third-order valence-corrected chi connectivity index (χ3v) is 2.81. The standard InChI is InChI=1S/C14H12N4/c15-13-6-8-17-14(18-13)9-10-5-7-16-12-4-2-1-3-11(10)12/h1-8H,9H2,(H2,15,17,18). The smallest absolute Gasteiger partial charge is 0.135 e. The first-order valence-electron chi connectivity index (χ1n) is 5.73. The fraction of sp³-hybridized carbons (Fsp3) is 0.0714. The van der Waals surface area contributed by atoms with E-state index in [4.69, 9.17) is 5.73 Å². The highest BCUT2D eigenvalue weighted by molar-refractivity contribution is 5.82. The molecule has 0 saturated carbocycles. The van der Waals surface area contributed by atoms with Gasteiger partial charge in [-0.2, -0.15) is 0 Å². The van der Waals surface area contributed by atoms with Crippen LogP contribution in [0.3, 0.4) is 0 Å². The van der Waals surface area contributed by atoms with E-state index in [0.29, 0.717) is 12.2 Å². The van der Waals surface area contributed by atoms with E-state index < -0.39 is 0 Å². The van der Waals surface area contributed by atoms with Crippen LogP contribution in [-0.2, 0) is 6.42 Å². The maximum Gasteiger partial charge on any atom is 0.135 e. The molecule has 3 aromatic rings. The fourth-order valence-electron chi connectivity index (χ4n) is 1.98. The molecule has 4 heteroatoms. The predicted molar refractivity (Wildman–Crippen MR) is 71.0 cm³/mol. The average molecular weight is 236 g/mol. The minimum absolute atomic E-state index is 0.498. The summed E-state index contributed by atoms with van der Waals surface area (Å²) in [7, 11) is 0. The Morgan fingerprint density at radius 3 is 2.67 bits per heavy atom. The number of benzene rings is 1. The Bertz CT molecular complexity index is 689. The number of pyridine rings is 1. The minimum Gasteiger partial charge on any atom is -0.384 e. The highest BCUT2D eigenvalue weighted by atomic mass is 14.9. The lowest BCUT2D eigenvalue weighted by molar-refractivity contribution is 0.978. The Balaban J connectivity index is 2.05. The molecule has 0 saturated heterocycles. The monoisotopic (exact) mass is 236 g/mol. The third kappa shape index (κ3) is 2.00. The van der Waals surface area contributed by atoms with Crippen molar-refractivity contribution in [1.29, 1.82) is 0 Å². The van der Waals surface area contributed by atoms with Crippen molar-refractivity contribution in [3.05, 3.63) is 60.2 Å². The van der Waals surface area contributed by atoms with Gasteiger partial charge in [0.05, 0.1) is 5.52 Å². The molecule has 18 heavy (non-hydrogen) atoms. The summed E-state index contributed by atoms with van der Waals surface area (Å²) in [5, 5.41) is 1.13. The number of rotatable bonds is 2. The van der Waals surface area contributed by atoms with Crippen molar-refractivity contribution in [2.45, 2.75) is 6.42 Å². The van der Waals surface area contributed by atoms with Gasteiger partial charge in [0.25, 0.3) is 0 Å². The molecule has 0 amide bonds. The van der Waals surface area contributed by atoms with Crippen molar-refractivity contribution >= 4 is 16.7 Å². The molecule has 2 heterocycles. The fourth-order valence-corrected chi connectivity index (χ4v) is 1.98. The van der Waals surface area contributed by atoms with Gasteiger partial charge >= 0.3 is 0 Å². The van der Waals surface area contributed by atoms with Crippen LogP contribution in [0, 0.1) is 0 Å². The number of aromatic nitrogens is 3. The van der Waals surface area contributed by atoms with Crippen LogP contribution in [0.5, 0.6) is 0 Å². The summed E-state index contributed by atoms with van der Waals surface area (Å²) in [5.41, 5.74) is 7.81. The normalized spacial score (nSPS) is 10.7. The van der Waals surface area contributed by atoms with E-state index in [9.17, 15) is 0 Å². The van der Waals surface area contributed by atoms with Crippen molar-refractivity contribution in [3.8, 4) is 0 Å². The van der Waals surface area contributed by atoms with E-state index in [-0.39, 0.29) is 0 Å². The molecule has 0 radical (unpaired) electrons. The van der Waals surface area contributed by atoms with Gasteiger partial charge in [0, 0.05) is 24.2 Å². The molecule has 3 rings (SSSR count). The van der Waals surface area contributed by atoms with Gasteiger partial charge in [-0.25, -0.2) is 9.97 Å². The quantitative estimate of drug-likeness (QED) is 0.740. The second-order valence-corrected chi connectivity index (χ2v) is 4.06. The molecule has 0 aliphatic carbocycles. The van der Waals surface area contributed by atoms with Gasteiger partial charge in [0.2, 0.25) is 0 Å². The van der Waals surface area contributed by atoms with Gasteiger partial charge in [0.15, 0.2) is 0 Å². The number of anilines is 1. The molecular weight excluding hydrogens is 224 g/mol. The molecule has 88 valence electrons. The molecule has 0 fully saturated rings. The summed E-state index contributed by atoms with van der Waals surface area (Å²) >= 11 is 0. The van der Waals surface area contributed by atoms with Crippen LogP contribution in [0.1, 0.15) is 11.4 Å². The zero-order valence-corrected chi connectivity index (χ0v) is 9.74. The predicted octanol–water partition coefficient (Wildman–Crippen LogP) is 2.20. The van der Waals surface area contributed by atoms with E-state index in [1.807, 2.05) is 30.5 Å². The number of hydrogen-bond acceptors (Lipinski definition) is 4. The lowest BCUT2D eigenvalue weighted by Gasteiger charge is -2.05. The molecule has 0 bridgehead atoms. The summed E-state index contributed by atoms with van der Waals surface area (Å²) in [4.78, 5) is 12.8. The van der Waals surface area contributed by atoms with Crippen LogP contribution in [-0.4, -0.2) is 15.0 Å². The Kier molecular flexibility index (Phi) is 2.61. The van der Waals surface area contributed by atoms with Gasteiger partial charge in [-0.05, 0) is 23.8 Å². The van der Waals surface area contributed by atoms with Crippen molar-refractivity contribution in [1.82, 2.24) is 15.0 Å². The van der Waals surface area contributed by atoms with Gasteiger partial charge in [-0.3, -0.25) is 4.98 Å². The van der Waals surface area contributed by atoms with Gasteiger partial charge in [0.1, 0.15) is 11.6 Å². The summed E-state index contributed by atoms with van der Waals surface area (Å²) in [6.45, 7) is 0. The van der Waals surface area contributed by atoms with Gasteiger partial charge in [-0.15, -0.1) is 0 Å². The summed E-state index contributed by atoms with van der Waals surface area (Å²) < 4.78 is 0. The van der Waals surface area contributed by atoms with Crippen molar-refractivity contribution < 1.29 is 0 Å². The summed E-state index contributed by atoms with van der Waals surface area (Å²) in [6, 6.07) is 11.7. The Hall–Kier alpha value is -2.49. The molecular formula is C14H12N4. The number of nitrogens with two attached hydrogens (primary N) is 1. The van der Waals surface area contributed by atoms with Crippen LogP contribution in [0.25, 0.3) is 10.9 Å². The van der Waals surface area contributed by atoms with Crippen LogP contribution < -0.4 is 5.73 Å². The molecule has 0 spiro atoms. The third-order valence-electron chi connectivity index (χ3n) is 2.81. The van der Waals surface area contributed by atoms with Gasteiger partial charge in [-0.1, -0.05) is 18.2 Å². The zero-order chi connectivity index (χ0) is 12.4. The molecule has 2 aromatic heterocycles. The van der Waals surface area contributed by atoms with Crippen LogP contribution in [0.15, 0.2) is 48.8 Å². The summed E-state index contributed by atoms with van der Waals surface area (Å²) in [6.07, 6.45) is 4.15. The Labute approximate surface area is 105 Å². The average Bonchev–Trinajstić information content (AvgIpc) is 2.39. The van der Waals surface area contributed by atoms with E-state index in [2.05, 4.69) is 21.0 Å². The van der Waals surface area contributed by atoms with Crippen molar-refractivity contribution in [2.24, 2.45) is 0 Å². The first-order valence-corrected chi connectivity index (χ1v) is 5.73. The van der Waals surface area contributed by atoms with E-state index >= 15 is 0 Å². The molecule has 0 aliphatic heterocycles. The summed E-state index contributed by atoms with van der Waals surface area (Å²) in [5.74, 6) is 1.23. The van der Waals surface area contributed by atoms with E-state index in [0.717, 1.165) is 22.3 Å². The van der Waals surface area contributed by atoms with Crippen molar-refractivity contribution in [3.63, 3.8) is 0 Å². The minimum atomic E-state index is 0.498. The SMILES string of the molecule is Nc1ccnc(Cc2ccnc3ccccc23)n1. The number of nitrogens with zero attached hydrogens (tertiary/aromatic N) is 3. The van der Waals surface area contributed by atoms with Gasteiger partial charge < -0.3 is 5.73 Å². The second kappa shape index (κ2) is 4.41.